The molecule has 2 saturated carbocycles. The summed E-state index contributed by atoms with van der Waals surface area (Å²) < 4.78 is 120. The van der Waals surface area contributed by atoms with Gasteiger partial charge in [-0.25, -0.2) is 0 Å². The fourth-order valence-electron chi connectivity index (χ4n) is 5.11. The summed E-state index contributed by atoms with van der Waals surface area (Å²) in [5, 5.41) is 0. The van der Waals surface area contributed by atoms with E-state index >= 15 is 0 Å². The van der Waals surface area contributed by atoms with E-state index in [0.29, 0.717) is 30.1 Å². The highest BCUT2D eigenvalue weighted by molar-refractivity contribution is 4.65. The molecular formula is C70H158F6. The molecule has 0 spiro atoms. The first-order valence-electron chi connectivity index (χ1n) is 35.4. The van der Waals surface area contributed by atoms with Crippen LogP contribution >= 0.6 is 0 Å². The minimum Gasteiger partial charge on any atom is -0.171 e. The van der Waals surface area contributed by atoms with Crippen molar-refractivity contribution in [2.24, 2.45) is 52.7 Å². The first-order chi connectivity index (χ1) is 37.3. The van der Waals surface area contributed by atoms with Gasteiger partial charge in [-0.05, 0) is 60.2 Å². The molecule has 0 radical (unpaired) electrons. The molecule has 0 saturated heterocycles. The van der Waals surface area contributed by atoms with E-state index in [4.69, 9.17) is 9.60 Å². The average molecular weight is 1120 g/mol. The summed E-state index contributed by atoms with van der Waals surface area (Å²) in [7, 11) is 0. The van der Waals surface area contributed by atoms with Crippen LogP contribution in [0, 0.1) is 52.7 Å². The zero-order chi connectivity index (χ0) is 69.5. The predicted molar refractivity (Wildman–Crippen MR) is 349 cm³/mol. The summed E-state index contributed by atoms with van der Waals surface area (Å²) in [5.41, 5.74) is 0.550. The Hall–Kier alpha value is -0.420. The Balaban J connectivity index is -0.0000000665. The van der Waals surface area contributed by atoms with Crippen LogP contribution in [0.15, 0.2) is 0 Å². The zero-order valence-corrected chi connectivity index (χ0v) is 58.8. The van der Waals surface area contributed by atoms with Crippen molar-refractivity contribution in [3.8, 4) is 0 Å². The van der Waals surface area contributed by atoms with Gasteiger partial charge in [0.05, 0.1) is 11.8 Å². The van der Waals surface area contributed by atoms with Crippen molar-refractivity contribution in [3.05, 3.63) is 0 Å². The lowest BCUT2D eigenvalue weighted by Crippen LogP contribution is -2.19. The predicted octanol–water partition coefficient (Wildman–Crippen LogP) is 30.0. The van der Waals surface area contributed by atoms with E-state index in [2.05, 4.69) is 132 Å². The lowest BCUT2D eigenvalue weighted by molar-refractivity contribution is -0.171. The maximum absolute atomic E-state index is 11.6. The van der Waals surface area contributed by atoms with Gasteiger partial charge >= 0.3 is 12.4 Å². The molecule has 2 aliphatic carbocycles. The van der Waals surface area contributed by atoms with Crippen molar-refractivity contribution in [1.82, 2.24) is 0 Å². The van der Waals surface area contributed by atoms with Crippen LogP contribution in [-0.4, -0.2) is 12.4 Å². The van der Waals surface area contributed by atoms with Gasteiger partial charge in [0.25, 0.3) is 0 Å². The Morgan fingerprint density at radius 1 is 0.421 bits per heavy atom. The summed E-state index contributed by atoms with van der Waals surface area (Å²) in [6.07, 6.45) is 16.1. The third-order valence-corrected chi connectivity index (χ3v) is 10.5. The number of unbranched alkanes of at least 4 members (excludes halogenated alkanes) is 3. The summed E-state index contributed by atoms with van der Waals surface area (Å²) in [4.78, 5) is 0. The van der Waals surface area contributed by atoms with Crippen molar-refractivity contribution in [3.63, 3.8) is 0 Å². The Labute approximate surface area is 494 Å². The number of hydrogen-bond acceptors (Lipinski definition) is 0. The number of hydrogen-bond donors (Lipinski definition) is 0. The summed E-state index contributed by atoms with van der Waals surface area (Å²) in [6, 6.07) is 0. The summed E-state index contributed by atoms with van der Waals surface area (Å²) in [5.74, 6) is 0.758. The van der Waals surface area contributed by atoms with Gasteiger partial charge < -0.3 is 0 Å². The van der Waals surface area contributed by atoms with Crippen molar-refractivity contribution < 1.29 is 35.9 Å². The van der Waals surface area contributed by atoms with E-state index < -0.39 is 43.3 Å². The highest BCUT2D eigenvalue weighted by atomic mass is 19.4. The van der Waals surface area contributed by atoms with Gasteiger partial charge in [0, 0.05) is 9.60 Å². The molecule has 2 aliphatic rings. The van der Waals surface area contributed by atoms with Crippen LogP contribution in [0.2, 0.25) is 0 Å². The molecule has 2 rings (SSSR count). The quantitative estimate of drug-likeness (QED) is 0.161. The first kappa shape index (κ1) is 84.4. The maximum atomic E-state index is 11.6. The van der Waals surface area contributed by atoms with E-state index in [0.717, 1.165) is 43.4 Å². The third-order valence-electron chi connectivity index (χ3n) is 10.5. The molecule has 0 aromatic carbocycles. The van der Waals surface area contributed by atoms with E-state index in [1.807, 2.05) is 41.5 Å². The molecule has 0 aromatic rings. The molecule has 0 heterocycles. The molecular weight excluding hydrogens is 955 g/mol. The van der Waals surface area contributed by atoms with Crippen LogP contribution in [0.5, 0.6) is 0 Å². The van der Waals surface area contributed by atoms with Gasteiger partial charge in [-0.2, -0.15) is 26.3 Å². The topological polar surface area (TPSA) is 0 Å². The van der Waals surface area contributed by atoms with Gasteiger partial charge in [-0.1, -0.05) is 376 Å². The average Bonchev–Trinajstić information content (AvgIpc) is 3.89. The number of halogens is 6. The van der Waals surface area contributed by atoms with Crippen LogP contribution in [-0.2, 0) is 0 Å². The lowest BCUT2D eigenvalue weighted by Gasteiger charge is -2.18. The molecule has 2 fully saturated rings. The Morgan fingerprint density at radius 2 is 0.697 bits per heavy atom. The fourth-order valence-corrected chi connectivity index (χ4v) is 5.11. The number of rotatable bonds is 13. The molecule has 0 nitrogen and oxygen atoms in total. The summed E-state index contributed by atoms with van der Waals surface area (Å²) in [6.45, 7) is 64.0. The maximum Gasteiger partial charge on any atom is 0.391 e. The smallest absolute Gasteiger partial charge is 0.171 e. The molecule has 0 bridgehead atoms. The molecule has 0 N–H and O–H groups in total. The second-order valence-corrected chi connectivity index (χ2v) is 23.3. The van der Waals surface area contributed by atoms with Crippen LogP contribution in [0.1, 0.15) is 404 Å². The number of alkyl halides is 6. The van der Waals surface area contributed by atoms with E-state index in [-0.39, 0.29) is 18.7 Å². The van der Waals surface area contributed by atoms with Gasteiger partial charge in [-0.3, -0.25) is 0 Å². The van der Waals surface area contributed by atoms with Crippen LogP contribution in [0.25, 0.3) is 0 Å². The van der Waals surface area contributed by atoms with Crippen molar-refractivity contribution in [2.45, 2.75) is 407 Å². The first-order valence-corrected chi connectivity index (χ1v) is 31.9. The van der Waals surface area contributed by atoms with Gasteiger partial charge in [0.1, 0.15) is 0 Å². The van der Waals surface area contributed by atoms with Gasteiger partial charge in [-0.15, -0.1) is 0 Å². The minimum absolute atomic E-state index is 0.170. The van der Waals surface area contributed by atoms with Crippen molar-refractivity contribution in [1.29, 1.82) is 0 Å². The van der Waals surface area contributed by atoms with Gasteiger partial charge in [0.15, 0.2) is 0 Å². The summed E-state index contributed by atoms with van der Waals surface area (Å²) >= 11 is 0. The van der Waals surface area contributed by atoms with Crippen molar-refractivity contribution in [2.75, 3.05) is 0 Å². The van der Waals surface area contributed by atoms with E-state index in [9.17, 15) is 26.3 Å². The molecule has 2 atom stereocenters. The van der Waals surface area contributed by atoms with Crippen molar-refractivity contribution >= 4 is 0 Å². The molecule has 0 aliphatic heterocycles. The molecule has 0 amide bonds. The molecule has 2 unspecified atom stereocenters. The SMILES string of the molecule is CC.CC(C)C.CCC.CCC(C)C.CCC(C)C(F)(F)F.CCCC.CCCC(C)(C)C.CCCC(C)C.CCCC(C)C(F)(F)F.CCCCC.[2H]C(C)(C)C.[2H]C([2H])(C)C1CCCC1.[2H]C([2H])(C)C1CCCCC1.[2H]C([2H])(C)CC. The van der Waals surface area contributed by atoms with Crippen LogP contribution in [0.3, 0.4) is 0 Å². The normalized spacial score (nSPS) is 15.4. The third kappa shape index (κ3) is 164. The monoisotopic (exact) mass is 1120 g/mol. The fraction of sp³-hybridized carbons (Fsp3) is 1.00. The molecule has 6 heteroatoms. The van der Waals surface area contributed by atoms with Gasteiger partial charge in [0.2, 0.25) is 0 Å². The molecule has 0 aromatic heterocycles. The second-order valence-electron chi connectivity index (χ2n) is 23.3. The lowest BCUT2D eigenvalue weighted by atomic mass is 9.88. The van der Waals surface area contributed by atoms with Crippen LogP contribution in [0.4, 0.5) is 26.3 Å². The van der Waals surface area contributed by atoms with E-state index in [1.54, 1.807) is 27.7 Å². The molecule has 76 heavy (non-hydrogen) atoms. The Kier molecular flexibility index (Phi) is 95.3. The Morgan fingerprint density at radius 3 is 0.763 bits per heavy atom. The second kappa shape index (κ2) is 85.9. The van der Waals surface area contributed by atoms with Crippen LogP contribution < -0.4 is 0 Å². The van der Waals surface area contributed by atoms with E-state index in [1.165, 1.54) is 124 Å². The Bertz CT molecular complexity index is 1090. The zero-order valence-electron chi connectivity index (χ0n) is 65.8. The highest BCUT2D eigenvalue weighted by Crippen LogP contribution is 2.29. The largest absolute Gasteiger partial charge is 0.391 e. The minimum atomic E-state index is -3.99. The highest BCUT2D eigenvalue weighted by Gasteiger charge is 2.35. The standard InChI is InChI=1S/C8H16.C7H14.C7H16.C6H11F3.C6H14.C5H9F3.2C5H12.4C4H10.C3H8.C2H6/c1-2-8-6-4-3-5-7-8;1-2-7-5-3-4-6-7;1-5-6-7(2,3)4;1-3-4-5(2)6(7,8)9;1-4-5-6(2)3;1-3-4(2)5(6,7)8;1-4-5(2)3;1-3-5-4-2;2*1-4(2)3;2*1-3-4-2;1-3-2;1-2/h8H,2-7H2,1H3;7H,2-6H2,1H3;5-6H2,1-4H3;5H,3-4H2,1-2H3;6H,4-5H2,1-3H3;4H,3H2,1-2H3;5H,4H2,1-3H3;3-5H2,1-2H3;2*4H,1-3H3;2*3-4H2,1-2H3;3H2,1-2H3;1-2H3/i2*2D2;;;;;;;4D;;3D2;;;. The molecule has 480 valence electrons.